The largest absolute Gasteiger partial charge is 0.368 e. The van der Waals surface area contributed by atoms with Crippen molar-refractivity contribution < 1.29 is 4.79 Å². The molecule has 0 saturated heterocycles. The summed E-state index contributed by atoms with van der Waals surface area (Å²) in [6.07, 6.45) is 0. The summed E-state index contributed by atoms with van der Waals surface area (Å²) in [4.78, 5) is 9.72. The van der Waals surface area contributed by atoms with E-state index in [9.17, 15) is 4.79 Å². The first-order chi connectivity index (χ1) is 2.64. The van der Waals surface area contributed by atoms with E-state index in [-0.39, 0.29) is 0 Å². The van der Waals surface area contributed by atoms with Crippen LogP contribution >= 0.6 is 12.6 Å². The molecule has 0 heterocycles. The van der Waals surface area contributed by atoms with Gasteiger partial charge < -0.3 is 11.5 Å². The molecule has 0 saturated carbocycles. The van der Waals surface area contributed by atoms with Gasteiger partial charge >= 0.3 is 0 Å². The second kappa shape index (κ2) is 2.04. The number of carbonyl (C=O) groups excluding carboxylic acids is 1. The van der Waals surface area contributed by atoms with Crippen LogP contribution in [0, 0.1) is 0 Å². The highest BCUT2D eigenvalue weighted by atomic mass is 32.1. The summed E-state index contributed by atoms with van der Waals surface area (Å²) in [5, 5.41) is -0.815. The van der Waals surface area contributed by atoms with Gasteiger partial charge in [-0.3, -0.25) is 4.79 Å². The molecule has 0 aromatic rings. The van der Waals surface area contributed by atoms with Gasteiger partial charge in [0.25, 0.3) is 0 Å². The highest BCUT2D eigenvalue weighted by Crippen LogP contribution is 1.76. The van der Waals surface area contributed by atoms with Gasteiger partial charge in [-0.15, -0.1) is 0 Å². The Balaban J connectivity index is 3.26. The van der Waals surface area contributed by atoms with Crippen LogP contribution in [0.5, 0.6) is 0 Å². The second-order valence-corrected chi connectivity index (χ2v) is 1.40. The minimum absolute atomic E-state index is 0.599. The van der Waals surface area contributed by atoms with Gasteiger partial charge in [0.2, 0.25) is 5.91 Å². The third kappa shape index (κ3) is 2.04. The molecule has 0 aromatic carbocycles. The van der Waals surface area contributed by atoms with Crippen molar-refractivity contribution >= 4 is 18.5 Å². The van der Waals surface area contributed by atoms with Crippen LogP contribution < -0.4 is 11.5 Å². The Morgan fingerprint density at radius 2 is 2.00 bits per heavy atom. The lowest BCUT2D eigenvalue weighted by Crippen LogP contribution is -2.30. The third-order valence-electron chi connectivity index (χ3n) is 0.292. The van der Waals surface area contributed by atoms with Gasteiger partial charge in [-0.25, -0.2) is 0 Å². The molecular formula is C2H6N2OS. The molecule has 0 aromatic heterocycles. The number of primary amides is 1. The van der Waals surface area contributed by atoms with Crippen molar-refractivity contribution in [2.45, 2.75) is 5.37 Å². The van der Waals surface area contributed by atoms with E-state index in [4.69, 9.17) is 5.73 Å². The summed E-state index contributed by atoms with van der Waals surface area (Å²) in [6.45, 7) is 0. The Morgan fingerprint density at radius 3 is 2.00 bits per heavy atom. The maximum atomic E-state index is 9.72. The molecule has 36 valence electrons. The number of rotatable bonds is 1. The maximum Gasteiger partial charge on any atom is 0.244 e. The van der Waals surface area contributed by atoms with Crippen molar-refractivity contribution in [3.05, 3.63) is 0 Å². The lowest BCUT2D eigenvalue weighted by Gasteiger charge is -1.91. The first kappa shape index (κ1) is 5.78. The predicted molar refractivity (Wildman–Crippen MR) is 26.2 cm³/mol. The van der Waals surface area contributed by atoms with Gasteiger partial charge in [-0.1, -0.05) is 0 Å². The molecule has 0 bridgehead atoms. The summed E-state index contributed by atoms with van der Waals surface area (Å²) in [5.74, 6) is -0.599. The number of amides is 1. The monoisotopic (exact) mass is 106 g/mol. The summed E-state index contributed by atoms with van der Waals surface area (Å²) < 4.78 is 0. The highest BCUT2D eigenvalue weighted by Gasteiger charge is 1.97. The van der Waals surface area contributed by atoms with Crippen molar-refractivity contribution in [1.29, 1.82) is 0 Å². The molecule has 1 atom stereocenters. The van der Waals surface area contributed by atoms with Crippen molar-refractivity contribution in [3.8, 4) is 0 Å². The van der Waals surface area contributed by atoms with Crippen LogP contribution in [0.1, 0.15) is 0 Å². The summed E-state index contributed by atoms with van der Waals surface area (Å²) >= 11 is 3.50. The van der Waals surface area contributed by atoms with Gasteiger partial charge in [0.1, 0.15) is 5.37 Å². The Kier molecular flexibility index (Phi) is 1.97. The summed E-state index contributed by atoms with van der Waals surface area (Å²) in [5.41, 5.74) is 9.42. The van der Waals surface area contributed by atoms with Gasteiger partial charge in [-0.2, -0.15) is 12.6 Å². The molecule has 0 rings (SSSR count). The number of hydrogen-bond donors (Lipinski definition) is 3. The number of thiol groups is 1. The van der Waals surface area contributed by atoms with E-state index in [1.807, 2.05) is 0 Å². The van der Waals surface area contributed by atoms with Gasteiger partial charge in [0.15, 0.2) is 0 Å². The minimum atomic E-state index is -0.815. The Bertz CT molecular complexity index is 62.6. The topological polar surface area (TPSA) is 69.1 Å². The van der Waals surface area contributed by atoms with Crippen LogP contribution in [0.15, 0.2) is 0 Å². The van der Waals surface area contributed by atoms with Crippen molar-refractivity contribution in [3.63, 3.8) is 0 Å². The molecule has 0 fully saturated rings. The number of hydrogen-bond acceptors (Lipinski definition) is 3. The van der Waals surface area contributed by atoms with E-state index in [0.717, 1.165) is 0 Å². The fraction of sp³-hybridized carbons (Fsp3) is 0.500. The van der Waals surface area contributed by atoms with Gasteiger partial charge in [-0.05, 0) is 0 Å². The maximum absolute atomic E-state index is 9.72. The summed E-state index contributed by atoms with van der Waals surface area (Å²) in [7, 11) is 0. The van der Waals surface area contributed by atoms with Crippen LogP contribution in [-0.4, -0.2) is 11.3 Å². The Hall–Kier alpha value is -0.220. The lowest BCUT2D eigenvalue weighted by atomic mass is 10.6. The number of carbonyl (C=O) groups is 1. The van der Waals surface area contributed by atoms with Crippen molar-refractivity contribution in [2.24, 2.45) is 11.5 Å². The van der Waals surface area contributed by atoms with E-state index in [2.05, 4.69) is 18.4 Å². The Labute approximate surface area is 41.1 Å². The normalized spacial score (nSPS) is 13.7. The molecular weight excluding hydrogens is 100 g/mol. The molecule has 3 nitrogen and oxygen atoms in total. The molecule has 0 radical (unpaired) electrons. The molecule has 0 aliphatic heterocycles. The third-order valence-corrected chi connectivity index (χ3v) is 0.546. The zero-order valence-corrected chi connectivity index (χ0v) is 3.98. The molecule has 0 spiro atoms. The Morgan fingerprint density at radius 1 is 1.83 bits per heavy atom. The van der Waals surface area contributed by atoms with Crippen LogP contribution in [-0.2, 0) is 4.79 Å². The average Bonchev–Trinajstić information content (AvgIpc) is 1.36. The molecule has 6 heavy (non-hydrogen) atoms. The molecule has 1 amide bonds. The standard InChI is InChI=1S/C2H6N2OS/c3-1(5)2(4)6/h2,6H,4H2,(H2,3,5). The predicted octanol–water partition coefficient (Wildman–Crippen LogP) is -1.31. The molecule has 0 aliphatic carbocycles. The molecule has 4 heteroatoms. The SMILES string of the molecule is NC(=O)C(N)S. The fourth-order valence-electron chi connectivity index (χ4n) is 0. The molecule has 0 aliphatic rings. The van der Waals surface area contributed by atoms with E-state index >= 15 is 0 Å². The molecule has 1 unspecified atom stereocenters. The molecule has 4 N–H and O–H groups in total. The van der Waals surface area contributed by atoms with Crippen molar-refractivity contribution in [1.82, 2.24) is 0 Å². The second-order valence-electron chi connectivity index (χ2n) is 0.847. The lowest BCUT2D eigenvalue weighted by molar-refractivity contribution is -0.117. The van der Waals surface area contributed by atoms with Crippen LogP contribution in [0.25, 0.3) is 0 Å². The summed E-state index contributed by atoms with van der Waals surface area (Å²) in [6, 6.07) is 0. The number of nitrogens with two attached hydrogens (primary N) is 2. The minimum Gasteiger partial charge on any atom is -0.368 e. The van der Waals surface area contributed by atoms with E-state index in [0.29, 0.717) is 0 Å². The highest BCUT2D eigenvalue weighted by molar-refractivity contribution is 7.81. The smallest absolute Gasteiger partial charge is 0.244 e. The van der Waals surface area contributed by atoms with Gasteiger partial charge in [0.05, 0.1) is 0 Å². The van der Waals surface area contributed by atoms with Crippen LogP contribution in [0.2, 0.25) is 0 Å². The van der Waals surface area contributed by atoms with E-state index in [1.54, 1.807) is 0 Å². The zero-order valence-electron chi connectivity index (χ0n) is 3.09. The van der Waals surface area contributed by atoms with Crippen LogP contribution in [0.4, 0.5) is 0 Å². The van der Waals surface area contributed by atoms with Crippen LogP contribution in [0.3, 0.4) is 0 Å². The van der Waals surface area contributed by atoms with E-state index < -0.39 is 11.3 Å². The van der Waals surface area contributed by atoms with E-state index in [1.165, 1.54) is 0 Å². The zero-order chi connectivity index (χ0) is 5.15. The first-order valence-electron chi connectivity index (χ1n) is 1.37. The first-order valence-corrected chi connectivity index (χ1v) is 1.89. The van der Waals surface area contributed by atoms with Gasteiger partial charge in [0, 0.05) is 0 Å². The fourth-order valence-corrected chi connectivity index (χ4v) is 0. The van der Waals surface area contributed by atoms with Crippen molar-refractivity contribution in [2.75, 3.05) is 0 Å². The average molecular weight is 106 g/mol. The quantitative estimate of drug-likeness (QED) is 0.287.